The van der Waals surface area contributed by atoms with Crippen LogP contribution in [0.5, 0.6) is 0 Å². The van der Waals surface area contributed by atoms with Crippen molar-refractivity contribution in [3.8, 4) is 0 Å². The van der Waals surface area contributed by atoms with Crippen LogP contribution in [0, 0.1) is 5.92 Å². The van der Waals surface area contributed by atoms with Gasteiger partial charge in [-0.3, -0.25) is 4.79 Å². The lowest BCUT2D eigenvalue weighted by atomic mass is 9.85. The predicted molar refractivity (Wildman–Crippen MR) is 44.6 cm³/mol. The third-order valence-corrected chi connectivity index (χ3v) is 2.44. The number of aliphatic hydroxyl groups excluding tert-OH is 1. The molecule has 3 heteroatoms. The van der Waals surface area contributed by atoms with Gasteiger partial charge in [-0.05, 0) is 25.2 Å². The molecule has 1 aliphatic rings. The molecule has 1 N–H and O–H groups in total. The second-order valence-corrected chi connectivity index (χ2v) is 3.47. The summed E-state index contributed by atoms with van der Waals surface area (Å²) in [6, 6.07) is 0. The number of hydrogen-bond donors (Lipinski definition) is 1. The van der Waals surface area contributed by atoms with Gasteiger partial charge in [0.05, 0.1) is 13.2 Å². The van der Waals surface area contributed by atoms with Gasteiger partial charge >= 0.3 is 5.97 Å². The second-order valence-electron chi connectivity index (χ2n) is 3.47. The molecule has 0 bridgehead atoms. The Hall–Kier alpha value is -0.570. The second kappa shape index (κ2) is 4.45. The zero-order valence-corrected chi connectivity index (χ0v) is 7.45. The van der Waals surface area contributed by atoms with Crippen LogP contribution in [-0.2, 0) is 9.53 Å². The molecule has 70 valence electrons. The summed E-state index contributed by atoms with van der Waals surface area (Å²) < 4.78 is 4.57. The molecule has 0 aromatic carbocycles. The number of aliphatic hydroxyl groups is 1. The van der Waals surface area contributed by atoms with Gasteiger partial charge in [0.1, 0.15) is 0 Å². The first-order chi connectivity index (χ1) is 5.72. The van der Waals surface area contributed by atoms with Crippen LogP contribution in [0.3, 0.4) is 0 Å². The monoisotopic (exact) mass is 172 g/mol. The van der Waals surface area contributed by atoms with Crippen molar-refractivity contribution in [1.82, 2.24) is 0 Å². The molecule has 0 aliphatic heterocycles. The Labute approximate surface area is 72.7 Å². The third-order valence-electron chi connectivity index (χ3n) is 2.44. The van der Waals surface area contributed by atoms with E-state index in [0.717, 1.165) is 25.7 Å². The molecular formula is C9H16O3. The lowest BCUT2D eigenvalue weighted by molar-refractivity contribution is -0.142. The maximum absolute atomic E-state index is 10.9. The summed E-state index contributed by atoms with van der Waals surface area (Å²) in [4.78, 5) is 10.9. The summed E-state index contributed by atoms with van der Waals surface area (Å²) in [6.45, 7) is 0. The molecule has 0 saturated heterocycles. The molecule has 12 heavy (non-hydrogen) atoms. The zero-order chi connectivity index (χ0) is 8.97. The molecule has 0 unspecified atom stereocenters. The van der Waals surface area contributed by atoms with Crippen molar-refractivity contribution in [2.75, 3.05) is 7.11 Å². The van der Waals surface area contributed by atoms with Crippen LogP contribution in [0.15, 0.2) is 0 Å². The summed E-state index contributed by atoms with van der Waals surface area (Å²) >= 11 is 0. The van der Waals surface area contributed by atoms with Crippen LogP contribution in [0.25, 0.3) is 0 Å². The molecule has 0 spiro atoms. The molecule has 2 atom stereocenters. The van der Waals surface area contributed by atoms with Gasteiger partial charge in [0.15, 0.2) is 0 Å². The molecule has 0 aromatic heterocycles. The molecule has 1 aliphatic carbocycles. The predicted octanol–water partition coefficient (Wildman–Crippen LogP) is 1.10. The Bertz CT molecular complexity index is 156. The van der Waals surface area contributed by atoms with E-state index in [9.17, 15) is 9.90 Å². The van der Waals surface area contributed by atoms with Crippen molar-refractivity contribution >= 4 is 5.97 Å². The number of carbonyl (C=O) groups is 1. The number of esters is 1. The SMILES string of the molecule is COC(=O)C[C@@H]1CCC[C@@H](O)C1. The first-order valence-electron chi connectivity index (χ1n) is 4.47. The van der Waals surface area contributed by atoms with E-state index in [0.29, 0.717) is 12.3 Å². The molecule has 0 aromatic rings. The number of carbonyl (C=O) groups excluding carboxylic acids is 1. The Morgan fingerprint density at radius 1 is 1.58 bits per heavy atom. The van der Waals surface area contributed by atoms with Crippen LogP contribution in [0.4, 0.5) is 0 Å². The Morgan fingerprint density at radius 3 is 2.92 bits per heavy atom. The lowest BCUT2D eigenvalue weighted by Crippen LogP contribution is -2.22. The average Bonchev–Trinajstić information content (AvgIpc) is 2.04. The quantitative estimate of drug-likeness (QED) is 0.634. The summed E-state index contributed by atoms with van der Waals surface area (Å²) in [6.07, 6.45) is 3.99. The van der Waals surface area contributed by atoms with Gasteiger partial charge < -0.3 is 9.84 Å². The molecule has 0 amide bonds. The van der Waals surface area contributed by atoms with E-state index in [2.05, 4.69) is 4.74 Å². The van der Waals surface area contributed by atoms with E-state index in [-0.39, 0.29) is 12.1 Å². The first kappa shape index (κ1) is 9.52. The molecule has 1 fully saturated rings. The van der Waals surface area contributed by atoms with E-state index >= 15 is 0 Å². The van der Waals surface area contributed by atoms with Gasteiger partial charge in [0.2, 0.25) is 0 Å². The van der Waals surface area contributed by atoms with Crippen molar-refractivity contribution < 1.29 is 14.6 Å². The van der Waals surface area contributed by atoms with E-state index in [1.807, 2.05) is 0 Å². The topological polar surface area (TPSA) is 46.5 Å². The highest BCUT2D eigenvalue weighted by Crippen LogP contribution is 2.26. The van der Waals surface area contributed by atoms with Gasteiger partial charge in [-0.25, -0.2) is 0 Å². The minimum Gasteiger partial charge on any atom is -0.469 e. The average molecular weight is 172 g/mol. The number of rotatable bonds is 2. The normalized spacial score (nSPS) is 29.8. The summed E-state index contributed by atoms with van der Waals surface area (Å²) in [7, 11) is 1.40. The van der Waals surface area contributed by atoms with Gasteiger partial charge in [-0.2, -0.15) is 0 Å². The van der Waals surface area contributed by atoms with Crippen LogP contribution in [0.2, 0.25) is 0 Å². The fourth-order valence-electron chi connectivity index (χ4n) is 1.77. The van der Waals surface area contributed by atoms with Crippen molar-refractivity contribution in [2.45, 2.75) is 38.2 Å². The standard InChI is InChI=1S/C9H16O3/c1-12-9(11)6-7-3-2-4-8(10)5-7/h7-8,10H,2-6H2,1H3/t7-,8-/m1/s1. The molecule has 1 saturated carbocycles. The Kier molecular flexibility index (Phi) is 3.53. The van der Waals surface area contributed by atoms with E-state index in [4.69, 9.17) is 0 Å². The minimum absolute atomic E-state index is 0.158. The lowest BCUT2D eigenvalue weighted by Gasteiger charge is -2.24. The molecule has 0 radical (unpaired) electrons. The maximum Gasteiger partial charge on any atom is 0.305 e. The first-order valence-corrected chi connectivity index (χ1v) is 4.47. The fraction of sp³-hybridized carbons (Fsp3) is 0.889. The minimum atomic E-state index is -0.201. The van der Waals surface area contributed by atoms with Gasteiger partial charge in [0.25, 0.3) is 0 Å². The number of methoxy groups -OCH3 is 1. The zero-order valence-electron chi connectivity index (χ0n) is 7.45. The van der Waals surface area contributed by atoms with E-state index < -0.39 is 0 Å². The number of ether oxygens (including phenoxy) is 1. The van der Waals surface area contributed by atoms with Gasteiger partial charge in [-0.1, -0.05) is 6.42 Å². The number of hydrogen-bond acceptors (Lipinski definition) is 3. The summed E-state index contributed by atoms with van der Waals surface area (Å²) in [5, 5.41) is 9.31. The Balaban J connectivity index is 2.27. The van der Waals surface area contributed by atoms with Gasteiger partial charge in [-0.15, -0.1) is 0 Å². The van der Waals surface area contributed by atoms with Crippen LogP contribution in [-0.4, -0.2) is 24.3 Å². The molecular weight excluding hydrogens is 156 g/mol. The van der Waals surface area contributed by atoms with Crippen molar-refractivity contribution in [1.29, 1.82) is 0 Å². The van der Waals surface area contributed by atoms with Crippen molar-refractivity contribution in [3.63, 3.8) is 0 Å². The summed E-state index contributed by atoms with van der Waals surface area (Å²) in [5.41, 5.74) is 0. The van der Waals surface area contributed by atoms with Crippen LogP contribution < -0.4 is 0 Å². The van der Waals surface area contributed by atoms with Crippen molar-refractivity contribution in [3.05, 3.63) is 0 Å². The fourth-order valence-corrected chi connectivity index (χ4v) is 1.77. The third kappa shape index (κ3) is 2.81. The van der Waals surface area contributed by atoms with Gasteiger partial charge in [0, 0.05) is 6.42 Å². The molecule has 3 nitrogen and oxygen atoms in total. The van der Waals surface area contributed by atoms with Crippen molar-refractivity contribution in [2.24, 2.45) is 5.92 Å². The summed E-state index contributed by atoms with van der Waals surface area (Å²) in [5.74, 6) is 0.176. The highest BCUT2D eigenvalue weighted by molar-refractivity contribution is 5.69. The van der Waals surface area contributed by atoms with E-state index in [1.165, 1.54) is 7.11 Å². The van der Waals surface area contributed by atoms with Crippen LogP contribution >= 0.6 is 0 Å². The maximum atomic E-state index is 10.9. The highest BCUT2D eigenvalue weighted by atomic mass is 16.5. The van der Waals surface area contributed by atoms with E-state index in [1.54, 1.807) is 0 Å². The molecule has 0 heterocycles. The largest absolute Gasteiger partial charge is 0.469 e. The Morgan fingerprint density at radius 2 is 2.33 bits per heavy atom. The molecule has 1 rings (SSSR count). The smallest absolute Gasteiger partial charge is 0.305 e. The van der Waals surface area contributed by atoms with Crippen LogP contribution in [0.1, 0.15) is 32.1 Å². The highest BCUT2D eigenvalue weighted by Gasteiger charge is 2.22.